The molecule has 0 bridgehead atoms. The lowest BCUT2D eigenvalue weighted by molar-refractivity contribution is -0.385. The number of aromatic carboxylic acids is 1. The molecule has 0 fully saturated rings. The Bertz CT molecular complexity index is 898. The Morgan fingerprint density at radius 1 is 1.23 bits per heavy atom. The van der Waals surface area contributed by atoms with Crippen molar-refractivity contribution < 1.29 is 24.3 Å². The number of benzene rings is 2. The Morgan fingerprint density at radius 3 is 2.50 bits per heavy atom. The molecule has 0 amide bonds. The molecule has 0 aliphatic rings. The average Bonchev–Trinajstić information content (AvgIpc) is 2.89. The van der Waals surface area contributed by atoms with E-state index in [0.29, 0.717) is 5.56 Å². The highest BCUT2D eigenvalue weighted by Gasteiger charge is 2.18. The molecule has 2 aromatic carbocycles. The van der Waals surface area contributed by atoms with Crippen molar-refractivity contribution in [2.75, 3.05) is 0 Å². The number of fused-ring (bicyclic) bond motifs is 1. The molecule has 110 valence electrons. The SMILES string of the molecule is O=C(O)c1ccc(-c2nc3cc([N+](=O)[O-])c(O)cc3o2)cc1. The van der Waals surface area contributed by atoms with Crippen molar-refractivity contribution in [3.63, 3.8) is 0 Å². The molecule has 3 aromatic rings. The van der Waals surface area contributed by atoms with Gasteiger partial charge in [0.15, 0.2) is 11.3 Å². The van der Waals surface area contributed by atoms with E-state index in [0.717, 1.165) is 12.1 Å². The second-order valence-electron chi connectivity index (χ2n) is 4.47. The van der Waals surface area contributed by atoms with Gasteiger partial charge < -0.3 is 14.6 Å². The van der Waals surface area contributed by atoms with Gasteiger partial charge in [-0.15, -0.1) is 0 Å². The minimum absolute atomic E-state index is 0.119. The van der Waals surface area contributed by atoms with Crippen LogP contribution >= 0.6 is 0 Å². The van der Waals surface area contributed by atoms with E-state index in [-0.39, 0.29) is 22.6 Å². The van der Waals surface area contributed by atoms with Crippen LogP contribution in [0.15, 0.2) is 40.8 Å². The summed E-state index contributed by atoms with van der Waals surface area (Å²) < 4.78 is 5.43. The molecule has 1 aromatic heterocycles. The van der Waals surface area contributed by atoms with Crippen molar-refractivity contribution in [2.24, 2.45) is 0 Å². The van der Waals surface area contributed by atoms with Crippen LogP contribution in [-0.4, -0.2) is 26.1 Å². The highest BCUT2D eigenvalue weighted by Crippen LogP contribution is 2.33. The van der Waals surface area contributed by atoms with Crippen LogP contribution in [0.1, 0.15) is 10.4 Å². The topological polar surface area (TPSA) is 127 Å². The zero-order valence-corrected chi connectivity index (χ0v) is 10.9. The van der Waals surface area contributed by atoms with E-state index in [1.165, 1.54) is 24.3 Å². The number of phenolic OH excluding ortho intramolecular Hbond substituents is 1. The van der Waals surface area contributed by atoms with Crippen LogP contribution < -0.4 is 0 Å². The Balaban J connectivity index is 2.08. The molecule has 0 aliphatic heterocycles. The summed E-state index contributed by atoms with van der Waals surface area (Å²) in [7, 11) is 0. The van der Waals surface area contributed by atoms with Gasteiger partial charge in [0.05, 0.1) is 10.5 Å². The monoisotopic (exact) mass is 300 g/mol. The summed E-state index contributed by atoms with van der Waals surface area (Å²) in [5, 5.41) is 29.2. The third-order valence-electron chi connectivity index (χ3n) is 3.06. The number of nitro benzene ring substituents is 1. The maximum Gasteiger partial charge on any atom is 0.335 e. The first kappa shape index (κ1) is 13.6. The molecular weight excluding hydrogens is 292 g/mol. The van der Waals surface area contributed by atoms with Crippen molar-refractivity contribution in [2.45, 2.75) is 0 Å². The normalized spacial score (nSPS) is 10.7. The Morgan fingerprint density at radius 2 is 1.91 bits per heavy atom. The van der Waals surface area contributed by atoms with Crippen LogP contribution in [0, 0.1) is 10.1 Å². The fraction of sp³-hybridized carbons (Fsp3) is 0. The van der Waals surface area contributed by atoms with E-state index in [1.807, 2.05) is 0 Å². The molecular formula is C14H8N2O6. The predicted molar refractivity (Wildman–Crippen MR) is 74.7 cm³/mol. The van der Waals surface area contributed by atoms with Gasteiger partial charge in [0.1, 0.15) is 5.52 Å². The third kappa shape index (κ3) is 2.22. The number of phenols is 1. The molecule has 1 heterocycles. The molecule has 2 N–H and O–H groups in total. The molecule has 0 aliphatic carbocycles. The number of nitro groups is 1. The van der Waals surface area contributed by atoms with E-state index in [1.54, 1.807) is 0 Å². The largest absolute Gasteiger partial charge is 0.502 e. The number of aromatic hydroxyl groups is 1. The number of oxazole rings is 1. The molecule has 0 saturated carbocycles. The predicted octanol–water partition coefficient (Wildman–Crippen LogP) is 2.81. The highest BCUT2D eigenvalue weighted by atomic mass is 16.6. The molecule has 0 spiro atoms. The molecule has 0 unspecified atom stereocenters. The minimum atomic E-state index is -1.05. The lowest BCUT2D eigenvalue weighted by Crippen LogP contribution is -1.94. The number of hydrogen-bond acceptors (Lipinski definition) is 6. The average molecular weight is 300 g/mol. The van der Waals surface area contributed by atoms with Crippen molar-refractivity contribution >= 4 is 22.8 Å². The highest BCUT2D eigenvalue weighted by molar-refractivity contribution is 5.88. The molecule has 0 radical (unpaired) electrons. The molecule has 0 saturated heterocycles. The van der Waals surface area contributed by atoms with Crippen LogP contribution in [0.4, 0.5) is 5.69 Å². The maximum atomic E-state index is 10.8. The number of rotatable bonds is 3. The van der Waals surface area contributed by atoms with Crippen LogP contribution in [0.5, 0.6) is 5.75 Å². The first-order chi connectivity index (χ1) is 10.5. The summed E-state index contributed by atoms with van der Waals surface area (Å²) in [6, 6.07) is 8.06. The molecule has 8 heteroatoms. The number of carboxylic acid groups (broad SMARTS) is 1. The van der Waals surface area contributed by atoms with Crippen molar-refractivity contribution in [3.8, 4) is 17.2 Å². The standard InChI is InChI=1S/C14H8N2O6/c17-11-6-12-9(5-10(11)16(20)21)15-13(22-12)7-1-3-8(4-2-7)14(18)19/h1-6,17H,(H,18,19). The van der Waals surface area contributed by atoms with Crippen molar-refractivity contribution in [3.05, 3.63) is 52.1 Å². The van der Waals surface area contributed by atoms with Gasteiger partial charge in [-0.25, -0.2) is 9.78 Å². The molecule has 8 nitrogen and oxygen atoms in total. The molecule has 22 heavy (non-hydrogen) atoms. The summed E-state index contributed by atoms with van der Waals surface area (Å²) in [6.45, 7) is 0. The van der Waals surface area contributed by atoms with Crippen LogP contribution in [0.25, 0.3) is 22.6 Å². The van der Waals surface area contributed by atoms with Gasteiger partial charge in [0, 0.05) is 17.7 Å². The second kappa shape index (κ2) is 4.85. The maximum absolute atomic E-state index is 10.8. The minimum Gasteiger partial charge on any atom is -0.502 e. The van der Waals surface area contributed by atoms with Crippen LogP contribution in [0.2, 0.25) is 0 Å². The lowest BCUT2D eigenvalue weighted by Gasteiger charge is -1.96. The van der Waals surface area contributed by atoms with E-state index >= 15 is 0 Å². The van der Waals surface area contributed by atoms with E-state index < -0.39 is 22.3 Å². The summed E-state index contributed by atoms with van der Waals surface area (Å²) in [6.07, 6.45) is 0. The Hall–Kier alpha value is -3.42. The molecule has 3 rings (SSSR count). The quantitative estimate of drug-likeness (QED) is 0.562. The molecule has 0 atom stereocenters. The lowest BCUT2D eigenvalue weighted by atomic mass is 10.1. The summed E-state index contributed by atoms with van der Waals surface area (Å²) in [4.78, 5) is 25.0. The van der Waals surface area contributed by atoms with E-state index in [2.05, 4.69) is 4.98 Å². The van der Waals surface area contributed by atoms with Crippen LogP contribution in [0.3, 0.4) is 0 Å². The third-order valence-corrected chi connectivity index (χ3v) is 3.06. The van der Waals surface area contributed by atoms with Crippen LogP contribution in [-0.2, 0) is 0 Å². The number of nitrogens with zero attached hydrogens (tertiary/aromatic N) is 2. The number of carboxylic acids is 1. The summed E-state index contributed by atoms with van der Waals surface area (Å²) >= 11 is 0. The van der Waals surface area contributed by atoms with Gasteiger partial charge in [-0.2, -0.15) is 0 Å². The van der Waals surface area contributed by atoms with Gasteiger partial charge in [-0.3, -0.25) is 10.1 Å². The van der Waals surface area contributed by atoms with E-state index in [4.69, 9.17) is 9.52 Å². The van der Waals surface area contributed by atoms with Crippen molar-refractivity contribution in [1.82, 2.24) is 4.98 Å². The first-order valence-electron chi connectivity index (χ1n) is 6.07. The first-order valence-corrected chi connectivity index (χ1v) is 6.07. The smallest absolute Gasteiger partial charge is 0.335 e. The Kier molecular flexibility index (Phi) is 2.99. The van der Waals surface area contributed by atoms with Gasteiger partial charge >= 0.3 is 11.7 Å². The second-order valence-corrected chi connectivity index (χ2v) is 4.47. The van der Waals surface area contributed by atoms with E-state index in [9.17, 15) is 20.0 Å². The number of hydrogen-bond donors (Lipinski definition) is 2. The van der Waals surface area contributed by atoms with Gasteiger partial charge in [0.25, 0.3) is 0 Å². The van der Waals surface area contributed by atoms with Crippen molar-refractivity contribution in [1.29, 1.82) is 0 Å². The zero-order chi connectivity index (χ0) is 15.9. The van der Waals surface area contributed by atoms with Gasteiger partial charge in [0.2, 0.25) is 5.89 Å². The van der Waals surface area contributed by atoms with Gasteiger partial charge in [-0.1, -0.05) is 0 Å². The zero-order valence-electron chi connectivity index (χ0n) is 10.9. The number of carbonyl (C=O) groups is 1. The summed E-state index contributed by atoms with van der Waals surface area (Å²) in [5.41, 5.74) is 0.590. The Labute approximate surface area is 122 Å². The number of aromatic nitrogens is 1. The van der Waals surface area contributed by atoms with Gasteiger partial charge in [-0.05, 0) is 24.3 Å². The fourth-order valence-corrected chi connectivity index (χ4v) is 1.98. The fourth-order valence-electron chi connectivity index (χ4n) is 1.98. The summed E-state index contributed by atoms with van der Waals surface area (Å²) in [5.74, 6) is -1.39.